The normalized spacial score (nSPS) is 15.2. The van der Waals surface area contributed by atoms with Crippen LogP contribution in [0, 0.1) is 32.1 Å². The van der Waals surface area contributed by atoms with Crippen LogP contribution in [0.2, 0.25) is 0 Å². The number of ether oxygens (including phenoxy) is 1. The number of nitrogens with zero attached hydrogens (tertiary/aromatic N) is 4. The number of nitro benzene ring substituents is 2. The SMILES string of the molecule is COC/C=C/c1cc([N+](=O)[O-])cc2ccn(CC3CC3)c12.O=[N+]([O-])c1cc(Br)c2c(ccn2CC2CC2)c1. The summed E-state index contributed by atoms with van der Waals surface area (Å²) >= 11 is 3.43. The molecule has 0 atom stereocenters. The summed E-state index contributed by atoms with van der Waals surface area (Å²) in [6.45, 7) is 2.50. The molecule has 0 aliphatic heterocycles. The Morgan fingerprint density at radius 2 is 1.42 bits per heavy atom. The van der Waals surface area contributed by atoms with Crippen LogP contribution in [0.1, 0.15) is 31.2 Å². The van der Waals surface area contributed by atoms with Gasteiger partial charge >= 0.3 is 0 Å². The lowest BCUT2D eigenvalue weighted by atomic mass is 10.1. The Morgan fingerprint density at radius 3 is 1.95 bits per heavy atom. The first-order valence-electron chi connectivity index (χ1n) is 12.7. The van der Waals surface area contributed by atoms with E-state index in [2.05, 4.69) is 25.1 Å². The summed E-state index contributed by atoms with van der Waals surface area (Å²) < 4.78 is 10.2. The lowest BCUT2D eigenvalue weighted by Crippen LogP contribution is -1.99. The van der Waals surface area contributed by atoms with E-state index >= 15 is 0 Å². The highest BCUT2D eigenvalue weighted by molar-refractivity contribution is 9.10. The largest absolute Gasteiger partial charge is 0.381 e. The van der Waals surface area contributed by atoms with Crippen molar-refractivity contribution >= 4 is 55.2 Å². The average Bonchev–Trinajstić information content (AvgIpc) is 3.80. The van der Waals surface area contributed by atoms with E-state index < -0.39 is 0 Å². The van der Waals surface area contributed by atoms with Gasteiger partial charge in [-0.1, -0.05) is 12.2 Å². The van der Waals surface area contributed by atoms with Crippen LogP contribution in [0.15, 0.2) is 59.3 Å². The summed E-state index contributed by atoms with van der Waals surface area (Å²) in [6.07, 6.45) is 13.0. The fraction of sp³-hybridized carbons (Fsp3) is 0.357. The Bertz CT molecular complexity index is 1530. The van der Waals surface area contributed by atoms with Gasteiger partial charge in [0.2, 0.25) is 0 Å². The predicted octanol–water partition coefficient (Wildman–Crippen LogP) is 7.34. The van der Waals surface area contributed by atoms with Crippen LogP contribution in [0.3, 0.4) is 0 Å². The zero-order valence-corrected chi connectivity index (χ0v) is 22.7. The highest BCUT2D eigenvalue weighted by atomic mass is 79.9. The zero-order chi connectivity index (χ0) is 26.8. The fourth-order valence-corrected chi connectivity index (χ4v) is 5.41. The molecule has 0 saturated heterocycles. The molecule has 0 N–H and O–H groups in total. The molecule has 2 saturated carbocycles. The summed E-state index contributed by atoms with van der Waals surface area (Å²) in [5.74, 6) is 1.54. The number of benzene rings is 2. The first kappa shape index (κ1) is 26.1. The molecular weight excluding hydrogens is 552 g/mol. The second kappa shape index (κ2) is 11.1. The number of nitro groups is 2. The van der Waals surface area contributed by atoms with E-state index in [9.17, 15) is 20.2 Å². The molecule has 4 aromatic rings. The molecule has 2 aliphatic carbocycles. The minimum absolute atomic E-state index is 0.128. The Labute approximate surface area is 228 Å². The van der Waals surface area contributed by atoms with E-state index in [4.69, 9.17) is 4.74 Å². The maximum Gasteiger partial charge on any atom is 0.271 e. The standard InChI is InChI=1S/C16H18N2O3.C12H11BrN2O2/c1-21-8-2-3-13-9-15(18(19)20)10-14-6-7-17(16(13)14)11-12-4-5-12;13-11-6-10(15(16)17)5-9-3-4-14(12(9)11)7-8-1-2-8/h2-3,6-7,9-10,12H,4-5,8,11H2,1H3;3-6,8H,1-2,7H2/b3-2+;. The van der Waals surface area contributed by atoms with Crippen molar-refractivity contribution in [2.24, 2.45) is 11.8 Å². The molecule has 10 heteroatoms. The highest BCUT2D eigenvalue weighted by Crippen LogP contribution is 2.36. The smallest absolute Gasteiger partial charge is 0.271 e. The van der Waals surface area contributed by atoms with Crippen molar-refractivity contribution in [1.29, 1.82) is 0 Å². The molecular formula is C28H29BrN4O5. The van der Waals surface area contributed by atoms with Crippen LogP contribution >= 0.6 is 15.9 Å². The Hall–Kier alpha value is -3.50. The minimum Gasteiger partial charge on any atom is -0.381 e. The van der Waals surface area contributed by atoms with Gasteiger partial charge in [-0.3, -0.25) is 20.2 Å². The van der Waals surface area contributed by atoms with Gasteiger partial charge in [-0.2, -0.15) is 0 Å². The van der Waals surface area contributed by atoms with Crippen molar-refractivity contribution in [3.05, 3.63) is 85.1 Å². The maximum absolute atomic E-state index is 11.1. The average molecular weight is 581 g/mol. The third-order valence-electron chi connectivity index (χ3n) is 6.96. The van der Waals surface area contributed by atoms with Gasteiger partial charge in [0.15, 0.2) is 0 Å². The maximum atomic E-state index is 11.1. The molecule has 2 aromatic heterocycles. The lowest BCUT2D eigenvalue weighted by molar-refractivity contribution is -0.384. The molecule has 0 bridgehead atoms. The molecule has 0 spiro atoms. The molecule has 2 fully saturated rings. The van der Waals surface area contributed by atoms with Crippen LogP contribution in [0.25, 0.3) is 27.9 Å². The van der Waals surface area contributed by atoms with Gasteiger partial charge < -0.3 is 13.9 Å². The molecule has 198 valence electrons. The van der Waals surface area contributed by atoms with Crippen LogP contribution in [-0.4, -0.2) is 32.7 Å². The zero-order valence-electron chi connectivity index (χ0n) is 21.1. The molecule has 2 heterocycles. The summed E-state index contributed by atoms with van der Waals surface area (Å²) in [6, 6.07) is 10.4. The number of halogens is 1. The van der Waals surface area contributed by atoms with Crippen LogP contribution in [-0.2, 0) is 17.8 Å². The minimum atomic E-state index is -0.359. The third-order valence-corrected chi connectivity index (χ3v) is 7.56. The van der Waals surface area contributed by atoms with Crippen LogP contribution in [0.5, 0.6) is 0 Å². The van der Waals surface area contributed by atoms with Gasteiger partial charge in [0.1, 0.15) is 0 Å². The van der Waals surface area contributed by atoms with Gasteiger partial charge in [-0.05, 0) is 65.6 Å². The van der Waals surface area contributed by atoms with Gasteiger partial charge in [0, 0.05) is 77.7 Å². The first-order valence-corrected chi connectivity index (χ1v) is 13.5. The quantitative estimate of drug-likeness (QED) is 0.152. The molecule has 2 aliphatic rings. The number of methoxy groups -OCH3 is 1. The monoisotopic (exact) mass is 580 g/mol. The third kappa shape index (κ3) is 5.97. The van der Waals surface area contributed by atoms with E-state index in [1.807, 2.05) is 36.7 Å². The van der Waals surface area contributed by atoms with Crippen molar-refractivity contribution in [2.75, 3.05) is 13.7 Å². The Morgan fingerprint density at radius 1 is 0.895 bits per heavy atom. The van der Waals surface area contributed by atoms with E-state index in [1.165, 1.54) is 25.7 Å². The molecule has 0 amide bonds. The van der Waals surface area contributed by atoms with E-state index in [1.54, 1.807) is 31.4 Å². The number of aromatic nitrogens is 2. The second-order valence-corrected chi connectivity index (χ2v) is 10.9. The summed E-state index contributed by atoms with van der Waals surface area (Å²) in [7, 11) is 1.63. The van der Waals surface area contributed by atoms with Gasteiger partial charge in [0.05, 0.1) is 27.5 Å². The van der Waals surface area contributed by atoms with Gasteiger partial charge in [0.25, 0.3) is 11.4 Å². The predicted molar refractivity (Wildman–Crippen MR) is 151 cm³/mol. The molecule has 2 aromatic carbocycles. The fourth-order valence-electron chi connectivity index (χ4n) is 4.72. The second-order valence-electron chi connectivity index (χ2n) is 10.0. The molecule has 9 nitrogen and oxygen atoms in total. The van der Waals surface area contributed by atoms with E-state index in [0.717, 1.165) is 56.8 Å². The number of hydrogen-bond donors (Lipinski definition) is 0. The topological polar surface area (TPSA) is 105 Å². The van der Waals surface area contributed by atoms with Crippen molar-refractivity contribution < 1.29 is 14.6 Å². The molecule has 38 heavy (non-hydrogen) atoms. The van der Waals surface area contributed by atoms with E-state index in [-0.39, 0.29) is 21.2 Å². The lowest BCUT2D eigenvalue weighted by Gasteiger charge is -2.07. The first-order chi connectivity index (χ1) is 18.3. The Balaban J connectivity index is 0.000000158. The van der Waals surface area contributed by atoms with Crippen molar-refractivity contribution in [1.82, 2.24) is 9.13 Å². The highest BCUT2D eigenvalue weighted by Gasteiger charge is 2.24. The summed E-state index contributed by atoms with van der Waals surface area (Å²) in [4.78, 5) is 21.1. The van der Waals surface area contributed by atoms with E-state index in [0.29, 0.717) is 6.61 Å². The van der Waals surface area contributed by atoms with Crippen molar-refractivity contribution in [3.63, 3.8) is 0 Å². The number of rotatable bonds is 9. The van der Waals surface area contributed by atoms with Gasteiger partial charge in [-0.25, -0.2) is 0 Å². The molecule has 6 rings (SSSR count). The van der Waals surface area contributed by atoms with Gasteiger partial charge in [-0.15, -0.1) is 0 Å². The Kier molecular flexibility index (Phi) is 7.62. The van der Waals surface area contributed by atoms with Crippen molar-refractivity contribution in [3.8, 4) is 0 Å². The van der Waals surface area contributed by atoms with Crippen molar-refractivity contribution in [2.45, 2.75) is 38.8 Å². The summed E-state index contributed by atoms with van der Waals surface area (Å²) in [5, 5.41) is 23.7. The molecule has 0 unspecified atom stereocenters. The van der Waals surface area contributed by atoms with Crippen LogP contribution in [0.4, 0.5) is 11.4 Å². The number of non-ortho nitro benzene ring substituents is 2. The summed E-state index contributed by atoms with van der Waals surface area (Å²) in [5.41, 5.74) is 3.27. The van der Waals surface area contributed by atoms with Crippen LogP contribution < -0.4 is 0 Å². The molecule has 0 radical (unpaired) electrons. The number of fused-ring (bicyclic) bond motifs is 2. The number of hydrogen-bond acceptors (Lipinski definition) is 5.